The average Bonchev–Trinajstić information content (AvgIpc) is 2.62. The lowest BCUT2D eigenvalue weighted by Crippen LogP contribution is -2.45. The Morgan fingerprint density at radius 1 is 0.857 bits per heavy atom. The van der Waals surface area contributed by atoms with Gasteiger partial charge in [0.1, 0.15) is 12.4 Å². The Bertz CT molecular complexity index is 516. The van der Waals surface area contributed by atoms with Gasteiger partial charge in [-0.1, -0.05) is 33.6 Å². The molecule has 0 heterocycles. The van der Waals surface area contributed by atoms with E-state index >= 15 is 0 Å². The number of carbonyl (C=O) groups is 4. The molecular weight excluding hydrogens is 368 g/mol. The number of carbonyl (C=O) groups excluding carboxylic acids is 4. The molecule has 0 radical (unpaired) electrons. The number of rotatable bonds is 15. The topological polar surface area (TPSA) is 116 Å². The molecule has 0 saturated heterocycles. The summed E-state index contributed by atoms with van der Waals surface area (Å²) in [7, 11) is 0. The minimum atomic E-state index is -2.37. The highest BCUT2D eigenvalue weighted by atomic mass is 16.6. The molecule has 2 unspecified atom stereocenters. The summed E-state index contributed by atoms with van der Waals surface area (Å²) in [6.45, 7) is 7.10. The third-order valence-corrected chi connectivity index (χ3v) is 4.26. The Kier molecular flexibility index (Phi) is 13.1. The van der Waals surface area contributed by atoms with E-state index in [0.29, 0.717) is 19.3 Å². The van der Waals surface area contributed by atoms with Crippen LogP contribution in [-0.4, -0.2) is 54.2 Å². The van der Waals surface area contributed by atoms with Gasteiger partial charge >= 0.3 is 17.9 Å². The molecule has 0 spiro atoms. The van der Waals surface area contributed by atoms with E-state index in [1.54, 1.807) is 6.92 Å². The van der Waals surface area contributed by atoms with Crippen LogP contribution in [0.1, 0.15) is 72.6 Å². The Morgan fingerprint density at radius 3 is 1.82 bits per heavy atom. The molecule has 0 aliphatic heterocycles. The molecule has 0 aromatic carbocycles. The van der Waals surface area contributed by atoms with E-state index in [4.69, 9.17) is 14.2 Å². The molecule has 0 aromatic heterocycles. The fraction of sp³-hybridized carbons (Fsp3) is 0.800. The molecule has 0 amide bonds. The minimum absolute atomic E-state index is 0.0693. The zero-order valence-electron chi connectivity index (χ0n) is 17.5. The summed E-state index contributed by atoms with van der Waals surface area (Å²) in [4.78, 5) is 47.8. The van der Waals surface area contributed by atoms with Crippen LogP contribution in [0.5, 0.6) is 0 Å². The van der Waals surface area contributed by atoms with Crippen LogP contribution in [0.4, 0.5) is 0 Å². The van der Waals surface area contributed by atoms with Crippen LogP contribution >= 0.6 is 0 Å². The van der Waals surface area contributed by atoms with Crippen LogP contribution in [0, 0.1) is 5.92 Å². The molecule has 0 aliphatic rings. The van der Waals surface area contributed by atoms with Gasteiger partial charge in [-0.15, -0.1) is 0 Å². The molecule has 0 rings (SSSR count). The molecule has 162 valence electrons. The Balaban J connectivity index is 4.99. The third-order valence-electron chi connectivity index (χ3n) is 4.26. The maximum Gasteiger partial charge on any atom is 0.339 e. The Hall–Kier alpha value is -1.96. The summed E-state index contributed by atoms with van der Waals surface area (Å²) in [6.07, 6.45) is 1.86. The van der Waals surface area contributed by atoms with Crippen molar-refractivity contribution < 1.29 is 38.5 Å². The zero-order chi connectivity index (χ0) is 21.6. The number of unbranched alkanes of at least 4 members (excludes halogenated alkanes) is 2. The van der Waals surface area contributed by atoms with E-state index < -0.39 is 42.3 Å². The number of hydrogen-bond acceptors (Lipinski definition) is 8. The molecule has 0 aromatic rings. The zero-order valence-corrected chi connectivity index (χ0v) is 17.5. The van der Waals surface area contributed by atoms with Crippen molar-refractivity contribution in [1.29, 1.82) is 0 Å². The summed E-state index contributed by atoms with van der Waals surface area (Å²) in [5, 5.41) is 10.7. The number of ether oxygens (including phenoxy) is 3. The summed E-state index contributed by atoms with van der Waals surface area (Å²) in [5.41, 5.74) is -2.37. The van der Waals surface area contributed by atoms with Crippen molar-refractivity contribution in [3.8, 4) is 0 Å². The van der Waals surface area contributed by atoms with Crippen LogP contribution in [0.25, 0.3) is 0 Å². The molecular formula is C20H34O8. The van der Waals surface area contributed by atoms with Crippen LogP contribution in [-0.2, 0) is 33.4 Å². The molecule has 0 bridgehead atoms. The SMILES string of the molecule is CCCCOC(=O)CC(O)(CC(=O)OCC(CC)C(C)=O)C(=O)OCCCC. The molecule has 28 heavy (non-hydrogen) atoms. The Labute approximate surface area is 166 Å². The standard InChI is InChI=1S/C20H34O8/c1-5-8-10-26-17(22)12-20(25,19(24)27-11-9-6-2)13-18(23)28-14-16(7-3)15(4)21/h16,25H,5-14H2,1-4H3. The lowest BCUT2D eigenvalue weighted by atomic mass is 9.95. The first kappa shape index (κ1) is 26.0. The van der Waals surface area contributed by atoms with E-state index in [9.17, 15) is 24.3 Å². The molecule has 0 saturated carbocycles. The van der Waals surface area contributed by atoms with Gasteiger partial charge in [-0.3, -0.25) is 14.4 Å². The van der Waals surface area contributed by atoms with Gasteiger partial charge < -0.3 is 19.3 Å². The fourth-order valence-corrected chi connectivity index (χ4v) is 2.28. The van der Waals surface area contributed by atoms with Gasteiger partial charge in [-0.25, -0.2) is 4.79 Å². The van der Waals surface area contributed by atoms with Gasteiger partial charge in [-0.05, 0) is 26.2 Å². The minimum Gasteiger partial charge on any atom is -0.466 e. The van der Waals surface area contributed by atoms with Gasteiger partial charge in [0.2, 0.25) is 0 Å². The van der Waals surface area contributed by atoms with Crippen molar-refractivity contribution in [3.05, 3.63) is 0 Å². The van der Waals surface area contributed by atoms with Crippen molar-refractivity contribution in [2.45, 2.75) is 78.2 Å². The van der Waals surface area contributed by atoms with Crippen LogP contribution in [0.3, 0.4) is 0 Å². The number of ketones is 1. The van der Waals surface area contributed by atoms with E-state index in [1.807, 2.05) is 13.8 Å². The van der Waals surface area contributed by atoms with E-state index in [1.165, 1.54) is 6.92 Å². The van der Waals surface area contributed by atoms with Gasteiger partial charge in [0, 0.05) is 0 Å². The van der Waals surface area contributed by atoms with Gasteiger partial charge in [0.25, 0.3) is 0 Å². The largest absolute Gasteiger partial charge is 0.466 e. The average molecular weight is 402 g/mol. The quantitative estimate of drug-likeness (QED) is 0.252. The number of esters is 3. The first-order valence-corrected chi connectivity index (χ1v) is 9.91. The lowest BCUT2D eigenvalue weighted by Gasteiger charge is -2.24. The van der Waals surface area contributed by atoms with Crippen LogP contribution < -0.4 is 0 Å². The highest BCUT2D eigenvalue weighted by molar-refractivity contribution is 5.90. The lowest BCUT2D eigenvalue weighted by molar-refractivity contribution is -0.178. The van der Waals surface area contributed by atoms with Gasteiger partial charge in [-0.2, -0.15) is 0 Å². The fourth-order valence-electron chi connectivity index (χ4n) is 2.28. The maximum absolute atomic E-state index is 12.3. The van der Waals surface area contributed by atoms with E-state index in [2.05, 4.69) is 0 Å². The first-order valence-electron chi connectivity index (χ1n) is 9.91. The van der Waals surface area contributed by atoms with Gasteiger partial charge in [0.15, 0.2) is 5.60 Å². The normalized spacial score (nSPS) is 13.9. The smallest absolute Gasteiger partial charge is 0.339 e. The predicted molar refractivity (Wildman–Crippen MR) is 101 cm³/mol. The molecule has 0 fully saturated rings. The van der Waals surface area contributed by atoms with Crippen molar-refractivity contribution in [3.63, 3.8) is 0 Å². The van der Waals surface area contributed by atoms with Crippen molar-refractivity contribution >= 4 is 23.7 Å². The second-order valence-electron chi connectivity index (χ2n) is 6.85. The van der Waals surface area contributed by atoms with E-state index in [0.717, 1.165) is 12.8 Å². The summed E-state index contributed by atoms with van der Waals surface area (Å²) >= 11 is 0. The monoisotopic (exact) mass is 402 g/mol. The number of Topliss-reactive ketones (excluding diaryl/α,β-unsaturated/α-hetero) is 1. The second kappa shape index (κ2) is 14.1. The van der Waals surface area contributed by atoms with E-state index in [-0.39, 0.29) is 25.6 Å². The second-order valence-corrected chi connectivity index (χ2v) is 6.85. The molecule has 1 N–H and O–H groups in total. The first-order chi connectivity index (χ1) is 13.2. The van der Waals surface area contributed by atoms with Crippen LogP contribution in [0.2, 0.25) is 0 Å². The summed E-state index contributed by atoms with van der Waals surface area (Å²) in [6, 6.07) is 0. The van der Waals surface area contributed by atoms with Crippen molar-refractivity contribution in [2.75, 3.05) is 19.8 Å². The molecule has 2 atom stereocenters. The van der Waals surface area contributed by atoms with Crippen molar-refractivity contribution in [2.24, 2.45) is 5.92 Å². The van der Waals surface area contributed by atoms with Crippen LogP contribution in [0.15, 0.2) is 0 Å². The highest BCUT2D eigenvalue weighted by Gasteiger charge is 2.43. The predicted octanol–water partition coefficient (Wildman–Crippen LogP) is 2.34. The third kappa shape index (κ3) is 10.4. The Morgan fingerprint density at radius 2 is 1.36 bits per heavy atom. The summed E-state index contributed by atoms with van der Waals surface area (Å²) < 4.78 is 15.0. The number of hydrogen-bond donors (Lipinski definition) is 1. The highest BCUT2D eigenvalue weighted by Crippen LogP contribution is 2.21. The number of aliphatic hydroxyl groups is 1. The molecule has 8 heteroatoms. The molecule has 8 nitrogen and oxygen atoms in total. The van der Waals surface area contributed by atoms with Crippen molar-refractivity contribution in [1.82, 2.24) is 0 Å². The van der Waals surface area contributed by atoms with Gasteiger partial charge in [0.05, 0.1) is 32.0 Å². The molecule has 0 aliphatic carbocycles. The maximum atomic E-state index is 12.3. The summed E-state index contributed by atoms with van der Waals surface area (Å²) in [5.74, 6) is -3.33.